The number of nitrogen functional groups attached to an aromatic ring is 1. The number of rotatable bonds is 3. The van der Waals surface area contributed by atoms with Gasteiger partial charge < -0.3 is 5.73 Å². The van der Waals surface area contributed by atoms with E-state index >= 15 is 0 Å². The lowest BCUT2D eigenvalue weighted by atomic mass is 10.1. The molecule has 0 amide bonds. The average Bonchev–Trinajstić information content (AvgIpc) is 2.63. The molecule has 0 saturated carbocycles. The van der Waals surface area contributed by atoms with Crippen molar-refractivity contribution in [3.63, 3.8) is 0 Å². The van der Waals surface area contributed by atoms with Gasteiger partial charge in [-0.05, 0) is 17.2 Å². The Morgan fingerprint density at radius 1 is 1.35 bits per heavy atom. The van der Waals surface area contributed by atoms with Crippen LogP contribution in [-0.2, 0) is 15.6 Å². The van der Waals surface area contributed by atoms with Crippen LogP contribution >= 0.6 is 0 Å². The number of aromatic nitrogens is 2. The van der Waals surface area contributed by atoms with E-state index in [0.717, 1.165) is 16.8 Å². The van der Waals surface area contributed by atoms with Crippen molar-refractivity contribution in [3.8, 4) is 11.3 Å². The lowest BCUT2D eigenvalue weighted by Gasteiger charge is -2.02. The number of benzene rings is 1. The first kappa shape index (κ1) is 11.7. The van der Waals surface area contributed by atoms with Crippen LogP contribution in [0.15, 0.2) is 30.3 Å². The molecular formula is C11H13N3O2S. The number of anilines is 1. The minimum Gasteiger partial charge on any atom is -0.382 e. The fraction of sp³-hybridized carbons (Fsp3) is 0.182. The van der Waals surface area contributed by atoms with Gasteiger partial charge in [-0.1, -0.05) is 18.2 Å². The van der Waals surface area contributed by atoms with E-state index in [2.05, 4.69) is 10.2 Å². The SMILES string of the molecule is CS(=O)(=O)Cc1cccc(-c2cc(N)n[nH]2)c1. The molecule has 17 heavy (non-hydrogen) atoms. The van der Waals surface area contributed by atoms with Crippen LogP contribution in [0.2, 0.25) is 0 Å². The first-order chi connectivity index (χ1) is 7.94. The van der Waals surface area contributed by atoms with Crippen LogP contribution in [0.5, 0.6) is 0 Å². The van der Waals surface area contributed by atoms with E-state index in [1.54, 1.807) is 12.1 Å². The Hall–Kier alpha value is -1.82. The Bertz CT molecular complexity index is 632. The topological polar surface area (TPSA) is 88.8 Å². The quantitative estimate of drug-likeness (QED) is 0.858. The molecule has 0 saturated heterocycles. The van der Waals surface area contributed by atoms with Crippen molar-refractivity contribution < 1.29 is 8.42 Å². The van der Waals surface area contributed by atoms with Crippen molar-refractivity contribution in [1.29, 1.82) is 0 Å². The van der Waals surface area contributed by atoms with E-state index in [9.17, 15) is 8.42 Å². The average molecular weight is 251 g/mol. The maximum absolute atomic E-state index is 11.2. The smallest absolute Gasteiger partial charge is 0.151 e. The summed E-state index contributed by atoms with van der Waals surface area (Å²) in [5.74, 6) is 0.443. The van der Waals surface area contributed by atoms with Gasteiger partial charge in [0.1, 0.15) is 5.82 Å². The largest absolute Gasteiger partial charge is 0.382 e. The van der Waals surface area contributed by atoms with E-state index in [1.165, 1.54) is 6.26 Å². The molecule has 5 nitrogen and oxygen atoms in total. The van der Waals surface area contributed by atoms with Crippen molar-refractivity contribution in [2.75, 3.05) is 12.0 Å². The lowest BCUT2D eigenvalue weighted by Crippen LogP contribution is -2.00. The number of H-pyrrole nitrogens is 1. The summed E-state index contributed by atoms with van der Waals surface area (Å²) in [6.07, 6.45) is 1.22. The Balaban J connectivity index is 2.35. The molecule has 6 heteroatoms. The molecule has 0 bridgehead atoms. The summed E-state index contributed by atoms with van der Waals surface area (Å²) in [5.41, 5.74) is 7.91. The first-order valence-electron chi connectivity index (χ1n) is 5.02. The molecule has 0 atom stereocenters. The monoisotopic (exact) mass is 251 g/mol. The molecule has 2 aromatic rings. The molecule has 1 aromatic heterocycles. The second-order valence-corrected chi connectivity index (χ2v) is 6.12. The van der Waals surface area contributed by atoms with E-state index in [4.69, 9.17) is 5.73 Å². The van der Waals surface area contributed by atoms with E-state index in [0.29, 0.717) is 5.82 Å². The van der Waals surface area contributed by atoms with Gasteiger partial charge in [0.25, 0.3) is 0 Å². The highest BCUT2D eigenvalue weighted by atomic mass is 32.2. The van der Waals surface area contributed by atoms with Gasteiger partial charge in [-0.15, -0.1) is 0 Å². The molecule has 1 heterocycles. The molecule has 0 radical (unpaired) electrons. The van der Waals surface area contributed by atoms with Gasteiger partial charge >= 0.3 is 0 Å². The van der Waals surface area contributed by atoms with E-state index in [-0.39, 0.29) is 5.75 Å². The highest BCUT2D eigenvalue weighted by Gasteiger charge is 2.07. The summed E-state index contributed by atoms with van der Waals surface area (Å²) < 4.78 is 22.4. The lowest BCUT2D eigenvalue weighted by molar-refractivity contribution is 0.601. The second-order valence-electron chi connectivity index (χ2n) is 3.98. The van der Waals surface area contributed by atoms with Gasteiger partial charge in [0.15, 0.2) is 9.84 Å². The van der Waals surface area contributed by atoms with Gasteiger partial charge in [0.2, 0.25) is 0 Å². The molecule has 0 unspecified atom stereocenters. The zero-order valence-electron chi connectivity index (χ0n) is 9.34. The van der Waals surface area contributed by atoms with Crippen molar-refractivity contribution in [1.82, 2.24) is 10.2 Å². The predicted octanol–water partition coefficient (Wildman–Crippen LogP) is 1.20. The summed E-state index contributed by atoms with van der Waals surface area (Å²) in [6, 6.07) is 8.99. The van der Waals surface area contributed by atoms with Crippen molar-refractivity contribution in [2.45, 2.75) is 5.75 Å². The third-order valence-corrected chi connectivity index (χ3v) is 3.12. The van der Waals surface area contributed by atoms with Crippen LogP contribution in [0, 0.1) is 0 Å². The Kier molecular flexibility index (Phi) is 2.89. The van der Waals surface area contributed by atoms with Gasteiger partial charge in [-0.2, -0.15) is 5.10 Å². The van der Waals surface area contributed by atoms with Crippen LogP contribution in [0.1, 0.15) is 5.56 Å². The molecule has 0 aliphatic heterocycles. The number of nitrogens with two attached hydrogens (primary N) is 1. The zero-order chi connectivity index (χ0) is 12.5. The molecule has 3 N–H and O–H groups in total. The fourth-order valence-electron chi connectivity index (χ4n) is 1.62. The van der Waals surface area contributed by atoms with Gasteiger partial charge in [0, 0.05) is 12.3 Å². The predicted molar refractivity (Wildman–Crippen MR) is 67.0 cm³/mol. The van der Waals surface area contributed by atoms with Crippen molar-refractivity contribution >= 4 is 15.7 Å². The Morgan fingerprint density at radius 2 is 2.12 bits per heavy atom. The van der Waals surface area contributed by atoms with Gasteiger partial charge in [-0.25, -0.2) is 8.42 Å². The Labute approximate surface area is 99.6 Å². The second kappa shape index (κ2) is 4.21. The standard InChI is InChI=1S/C11H13N3O2S/c1-17(15,16)7-8-3-2-4-9(5-8)10-6-11(12)14-13-10/h2-6H,7H2,1H3,(H3,12,13,14). The summed E-state index contributed by atoms with van der Waals surface area (Å²) in [6.45, 7) is 0. The van der Waals surface area contributed by atoms with Crippen molar-refractivity contribution in [3.05, 3.63) is 35.9 Å². The van der Waals surface area contributed by atoms with Gasteiger partial charge in [0.05, 0.1) is 11.4 Å². The molecule has 2 rings (SSSR count). The minimum absolute atomic E-state index is 0.0322. The van der Waals surface area contributed by atoms with E-state index < -0.39 is 9.84 Å². The third-order valence-electron chi connectivity index (χ3n) is 2.26. The minimum atomic E-state index is -3.02. The number of nitrogens with one attached hydrogen (secondary N) is 1. The number of hydrogen-bond acceptors (Lipinski definition) is 4. The molecule has 0 aliphatic carbocycles. The molecule has 1 aromatic carbocycles. The summed E-state index contributed by atoms with van der Waals surface area (Å²) in [4.78, 5) is 0. The van der Waals surface area contributed by atoms with Crippen LogP contribution in [0.25, 0.3) is 11.3 Å². The first-order valence-corrected chi connectivity index (χ1v) is 7.08. The van der Waals surface area contributed by atoms with Crippen LogP contribution < -0.4 is 5.73 Å². The van der Waals surface area contributed by atoms with Gasteiger partial charge in [-0.3, -0.25) is 5.10 Å². The number of hydrogen-bond donors (Lipinski definition) is 2. The van der Waals surface area contributed by atoms with Crippen LogP contribution in [0.4, 0.5) is 5.82 Å². The molecular weight excluding hydrogens is 238 g/mol. The molecule has 90 valence electrons. The molecule has 0 aliphatic rings. The van der Waals surface area contributed by atoms with E-state index in [1.807, 2.05) is 18.2 Å². The van der Waals surface area contributed by atoms with Crippen LogP contribution in [-0.4, -0.2) is 24.9 Å². The normalized spacial score (nSPS) is 11.6. The molecule has 0 spiro atoms. The summed E-state index contributed by atoms with van der Waals surface area (Å²) in [5, 5.41) is 6.62. The molecule has 0 fully saturated rings. The number of aromatic amines is 1. The highest BCUT2D eigenvalue weighted by Crippen LogP contribution is 2.20. The van der Waals surface area contributed by atoms with Crippen molar-refractivity contribution in [2.24, 2.45) is 0 Å². The zero-order valence-corrected chi connectivity index (χ0v) is 10.2. The maximum Gasteiger partial charge on any atom is 0.151 e. The summed E-state index contributed by atoms with van der Waals surface area (Å²) >= 11 is 0. The third kappa shape index (κ3) is 3.07. The summed E-state index contributed by atoms with van der Waals surface area (Å²) in [7, 11) is -3.02. The number of nitrogens with zero attached hydrogens (tertiary/aromatic N) is 1. The van der Waals surface area contributed by atoms with Crippen LogP contribution in [0.3, 0.4) is 0 Å². The number of sulfone groups is 1. The fourth-order valence-corrected chi connectivity index (χ4v) is 2.40. The Morgan fingerprint density at radius 3 is 2.71 bits per heavy atom. The highest BCUT2D eigenvalue weighted by molar-refractivity contribution is 7.89. The maximum atomic E-state index is 11.2.